The fraction of sp³-hybridized carbons (Fsp3) is 0.500. The van der Waals surface area contributed by atoms with Gasteiger partial charge in [-0.15, -0.1) is 0 Å². The van der Waals surface area contributed by atoms with Crippen LogP contribution in [-0.2, 0) is 0 Å². The third kappa shape index (κ3) is 5.54. The number of halogens is 1. The summed E-state index contributed by atoms with van der Waals surface area (Å²) in [7, 11) is 0. The lowest BCUT2D eigenvalue weighted by Crippen LogP contribution is -2.24. The first-order chi connectivity index (χ1) is 8.49. The van der Waals surface area contributed by atoms with Crippen LogP contribution in [0.15, 0.2) is 22.7 Å². The molecule has 0 aromatic heterocycles. The van der Waals surface area contributed by atoms with Gasteiger partial charge in [0.05, 0.1) is 0 Å². The zero-order chi connectivity index (χ0) is 13.5. The highest BCUT2D eigenvalue weighted by Crippen LogP contribution is 2.17. The number of nitrogens with two attached hydrogens (primary N) is 1. The standard InChI is InChI=1S/C14H21BrN2O/c1-10(2)5-3-4-6-17-14(18)11-7-12(15)9-13(16)8-11/h7-10H,3-6,16H2,1-2H3,(H,17,18). The lowest BCUT2D eigenvalue weighted by atomic mass is 10.1. The van der Waals surface area contributed by atoms with Crippen LogP contribution in [0.4, 0.5) is 5.69 Å². The van der Waals surface area contributed by atoms with Crippen molar-refractivity contribution in [3.05, 3.63) is 28.2 Å². The number of unbranched alkanes of at least 4 members (excludes halogenated alkanes) is 1. The van der Waals surface area contributed by atoms with E-state index in [1.54, 1.807) is 18.2 Å². The van der Waals surface area contributed by atoms with Gasteiger partial charge in [0, 0.05) is 22.3 Å². The Balaban J connectivity index is 2.36. The first-order valence-corrected chi connectivity index (χ1v) is 7.12. The summed E-state index contributed by atoms with van der Waals surface area (Å²) >= 11 is 3.33. The van der Waals surface area contributed by atoms with E-state index in [0.29, 0.717) is 11.3 Å². The van der Waals surface area contributed by atoms with E-state index in [2.05, 4.69) is 35.1 Å². The third-order valence-electron chi connectivity index (χ3n) is 2.68. The number of anilines is 1. The minimum Gasteiger partial charge on any atom is -0.399 e. The maximum atomic E-state index is 11.9. The number of hydrogen-bond donors (Lipinski definition) is 2. The van der Waals surface area contributed by atoms with Crippen molar-refractivity contribution in [1.82, 2.24) is 5.32 Å². The molecule has 1 rings (SSSR count). The molecule has 3 nitrogen and oxygen atoms in total. The van der Waals surface area contributed by atoms with Gasteiger partial charge in [-0.25, -0.2) is 0 Å². The molecule has 1 amide bonds. The van der Waals surface area contributed by atoms with Gasteiger partial charge in [-0.2, -0.15) is 0 Å². The van der Waals surface area contributed by atoms with E-state index in [0.717, 1.165) is 29.8 Å². The first-order valence-electron chi connectivity index (χ1n) is 6.33. The predicted octanol–water partition coefficient (Wildman–Crippen LogP) is 3.59. The van der Waals surface area contributed by atoms with E-state index < -0.39 is 0 Å². The summed E-state index contributed by atoms with van der Waals surface area (Å²) in [5, 5.41) is 2.91. The number of carbonyl (C=O) groups excluding carboxylic acids is 1. The maximum absolute atomic E-state index is 11.9. The molecule has 0 aliphatic carbocycles. The zero-order valence-corrected chi connectivity index (χ0v) is 12.6. The molecule has 100 valence electrons. The Bertz CT molecular complexity index is 385. The Morgan fingerprint density at radius 2 is 2.06 bits per heavy atom. The van der Waals surface area contributed by atoms with Crippen LogP contribution in [0.5, 0.6) is 0 Å². The quantitative estimate of drug-likeness (QED) is 0.623. The van der Waals surface area contributed by atoms with Gasteiger partial charge in [0.1, 0.15) is 0 Å². The normalized spacial score (nSPS) is 10.7. The molecule has 0 saturated heterocycles. The summed E-state index contributed by atoms with van der Waals surface area (Å²) in [5.74, 6) is 0.665. The maximum Gasteiger partial charge on any atom is 0.251 e. The largest absolute Gasteiger partial charge is 0.399 e. The molecule has 1 aromatic carbocycles. The molecule has 4 heteroatoms. The predicted molar refractivity (Wildman–Crippen MR) is 79.6 cm³/mol. The second-order valence-electron chi connectivity index (χ2n) is 4.92. The molecule has 0 unspecified atom stereocenters. The second-order valence-corrected chi connectivity index (χ2v) is 5.83. The number of hydrogen-bond acceptors (Lipinski definition) is 2. The van der Waals surface area contributed by atoms with Crippen molar-refractivity contribution in [2.45, 2.75) is 33.1 Å². The van der Waals surface area contributed by atoms with Crippen molar-refractivity contribution in [2.24, 2.45) is 5.92 Å². The van der Waals surface area contributed by atoms with Crippen molar-refractivity contribution in [3.63, 3.8) is 0 Å². The molecule has 0 atom stereocenters. The summed E-state index contributed by atoms with van der Waals surface area (Å²) in [6, 6.07) is 5.24. The Hall–Kier alpha value is -1.03. The van der Waals surface area contributed by atoms with Crippen LogP contribution in [-0.4, -0.2) is 12.5 Å². The Kier molecular flexibility index (Phi) is 6.19. The number of amides is 1. The number of carbonyl (C=O) groups is 1. The zero-order valence-electron chi connectivity index (χ0n) is 11.0. The fourth-order valence-electron chi connectivity index (χ4n) is 1.72. The average molecular weight is 313 g/mol. The first kappa shape index (κ1) is 15.0. The number of nitrogens with one attached hydrogen (secondary N) is 1. The van der Waals surface area contributed by atoms with Crippen LogP contribution in [0.1, 0.15) is 43.5 Å². The lowest BCUT2D eigenvalue weighted by molar-refractivity contribution is 0.0953. The molecule has 0 spiro atoms. The highest BCUT2D eigenvalue weighted by atomic mass is 79.9. The summed E-state index contributed by atoms with van der Waals surface area (Å²) in [4.78, 5) is 11.9. The van der Waals surface area contributed by atoms with E-state index in [4.69, 9.17) is 5.73 Å². The number of nitrogen functional groups attached to an aromatic ring is 1. The topological polar surface area (TPSA) is 55.1 Å². The van der Waals surface area contributed by atoms with Gasteiger partial charge in [-0.05, 0) is 30.5 Å². The Morgan fingerprint density at radius 1 is 1.33 bits per heavy atom. The molecule has 0 fully saturated rings. The molecule has 3 N–H and O–H groups in total. The summed E-state index contributed by atoms with van der Waals surface area (Å²) < 4.78 is 0.826. The lowest BCUT2D eigenvalue weighted by Gasteiger charge is -2.07. The highest BCUT2D eigenvalue weighted by molar-refractivity contribution is 9.10. The molecule has 0 aliphatic heterocycles. The minimum absolute atomic E-state index is 0.0625. The molecule has 1 aromatic rings. The van der Waals surface area contributed by atoms with E-state index in [1.165, 1.54) is 6.42 Å². The minimum atomic E-state index is -0.0625. The summed E-state index contributed by atoms with van der Waals surface area (Å²) in [6.45, 7) is 5.14. The Morgan fingerprint density at radius 3 is 2.67 bits per heavy atom. The third-order valence-corrected chi connectivity index (χ3v) is 3.13. The van der Waals surface area contributed by atoms with Crippen LogP contribution in [0.25, 0.3) is 0 Å². The van der Waals surface area contributed by atoms with E-state index in [-0.39, 0.29) is 5.91 Å². The molecule has 0 heterocycles. The summed E-state index contributed by atoms with van der Waals surface area (Å²) in [6.07, 6.45) is 3.38. The smallest absolute Gasteiger partial charge is 0.251 e. The van der Waals surface area contributed by atoms with Crippen molar-refractivity contribution >= 4 is 27.5 Å². The van der Waals surface area contributed by atoms with Gasteiger partial charge in [0.2, 0.25) is 0 Å². The fourth-order valence-corrected chi connectivity index (χ4v) is 2.24. The molecule has 0 bridgehead atoms. The van der Waals surface area contributed by atoms with Gasteiger partial charge in [0.15, 0.2) is 0 Å². The SMILES string of the molecule is CC(C)CCCCNC(=O)c1cc(N)cc(Br)c1. The number of benzene rings is 1. The second kappa shape index (κ2) is 7.41. The van der Waals surface area contributed by atoms with Crippen LogP contribution in [0.3, 0.4) is 0 Å². The van der Waals surface area contributed by atoms with Crippen LogP contribution in [0.2, 0.25) is 0 Å². The van der Waals surface area contributed by atoms with E-state index >= 15 is 0 Å². The van der Waals surface area contributed by atoms with Crippen LogP contribution in [0, 0.1) is 5.92 Å². The van der Waals surface area contributed by atoms with Crippen molar-refractivity contribution in [2.75, 3.05) is 12.3 Å². The molecule has 0 aliphatic rings. The number of rotatable bonds is 6. The van der Waals surface area contributed by atoms with Gasteiger partial charge in [-0.3, -0.25) is 4.79 Å². The van der Waals surface area contributed by atoms with Gasteiger partial charge >= 0.3 is 0 Å². The van der Waals surface area contributed by atoms with Gasteiger partial charge in [0.25, 0.3) is 5.91 Å². The van der Waals surface area contributed by atoms with E-state index in [9.17, 15) is 4.79 Å². The van der Waals surface area contributed by atoms with Gasteiger partial charge < -0.3 is 11.1 Å². The molecule has 18 heavy (non-hydrogen) atoms. The van der Waals surface area contributed by atoms with Crippen LogP contribution < -0.4 is 11.1 Å². The van der Waals surface area contributed by atoms with Crippen molar-refractivity contribution in [1.29, 1.82) is 0 Å². The monoisotopic (exact) mass is 312 g/mol. The molecule has 0 saturated carbocycles. The van der Waals surface area contributed by atoms with E-state index in [1.807, 2.05) is 0 Å². The molecular weight excluding hydrogens is 292 g/mol. The van der Waals surface area contributed by atoms with Gasteiger partial charge in [-0.1, -0.05) is 42.6 Å². The Labute approximate surface area is 117 Å². The summed E-state index contributed by atoms with van der Waals surface area (Å²) in [5.41, 5.74) is 6.89. The van der Waals surface area contributed by atoms with Crippen molar-refractivity contribution < 1.29 is 4.79 Å². The molecule has 0 radical (unpaired) electrons. The average Bonchev–Trinajstić information content (AvgIpc) is 2.26. The highest BCUT2D eigenvalue weighted by Gasteiger charge is 2.06. The van der Waals surface area contributed by atoms with Crippen molar-refractivity contribution in [3.8, 4) is 0 Å². The molecular formula is C14H21BrN2O. The van der Waals surface area contributed by atoms with Crippen LogP contribution >= 0.6 is 15.9 Å².